The Labute approximate surface area is 142 Å². The van der Waals surface area contributed by atoms with Gasteiger partial charge in [-0.15, -0.1) is 0 Å². The number of benzene rings is 2. The first-order valence-electron chi connectivity index (χ1n) is 7.29. The van der Waals surface area contributed by atoms with Gasteiger partial charge in [-0.3, -0.25) is 9.59 Å². The number of nitrogens with one attached hydrogen (secondary N) is 1. The molecular formula is C18H14ClNO4. The monoisotopic (exact) mass is 343 g/mol. The molecule has 0 radical (unpaired) electrons. The van der Waals surface area contributed by atoms with E-state index >= 15 is 0 Å². The molecule has 6 heteroatoms. The van der Waals surface area contributed by atoms with E-state index in [1.54, 1.807) is 48.5 Å². The molecule has 0 fully saturated rings. The number of carbonyl (C=O) groups is 1. The number of aliphatic hydroxyl groups is 1. The molecule has 122 valence electrons. The lowest BCUT2D eigenvalue weighted by Crippen LogP contribution is -2.29. The highest BCUT2D eigenvalue weighted by molar-refractivity contribution is 6.30. The highest BCUT2D eigenvalue weighted by atomic mass is 35.5. The SMILES string of the molecule is O=C(NCC(O)c1ccc(Cl)cc1)c1cc(=O)c2ccccc2o1. The Bertz CT molecular complexity index is 934. The topological polar surface area (TPSA) is 79.5 Å². The zero-order chi connectivity index (χ0) is 17.1. The van der Waals surface area contributed by atoms with Crippen molar-refractivity contribution in [1.82, 2.24) is 5.32 Å². The maximum absolute atomic E-state index is 12.2. The molecule has 2 aromatic carbocycles. The summed E-state index contributed by atoms with van der Waals surface area (Å²) in [6.07, 6.45) is -0.890. The zero-order valence-corrected chi connectivity index (χ0v) is 13.3. The molecule has 1 amide bonds. The highest BCUT2D eigenvalue weighted by Crippen LogP contribution is 2.16. The number of amides is 1. The molecule has 0 saturated carbocycles. The molecule has 5 nitrogen and oxygen atoms in total. The average molecular weight is 344 g/mol. The standard InChI is InChI=1S/C18H14ClNO4/c19-12-7-5-11(6-8-12)15(22)10-20-18(23)17-9-14(21)13-3-1-2-4-16(13)24-17/h1-9,15,22H,10H2,(H,20,23). The molecule has 24 heavy (non-hydrogen) atoms. The number of para-hydroxylation sites is 1. The van der Waals surface area contributed by atoms with Crippen molar-refractivity contribution >= 4 is 28.5 Å². The van der Waals surface area contributed by atoms with Crippen LogP contribution in [0, 0.1) is 0 Å². The molecule has 1 aromatic heterocycles. The van der Waals surface area contributed by atoms with Gasteiger partial charge in [-0.05, 0) is 29.8 Å². The fraction of sp³-hybridized carbons (Fsp3) is 0.111. The number of aliphatic hydroxyl groups excluding tert-OH is 1. The predicted octanol–water partition coefficient (Wildman–Crippen LogP) is 2.91. The van der Waals surface area contributed by atoms with Gasteiger partial charge in [0.2, 0.25) is 0 Å². The zero-order valence-electron chi connectivity index (χ0n) is 12.5. The summed E-state index contributed by atoms with van der Waals surface area (Å²) in [6.45, 7) is -0.0169. The van der Waals surface area contributed by atoms with Gasteiger partial charge >= 0.3 is 0 Å². The molecule has 3 rings (SSSR count). The van der Waals surface area contributed by atoms with Crippen LogP contribution in [0.1, 0.15) is 22.2 Å². The normalized spacial score (nSPS) is 12.1. The smallest absolute Gasteiger partial charge is 0.287 e. The van der Waals surface area contributed by atoms with Crippen LogP contribution in [-0.2, 0) is 0 Å². The third-order valence-electron chi connectivity index (χ3n) is 3.57. The van der Waals surface area contributed by atoms with Crippen molar-refractivity contribution < 1.29 is 14.3 Å². The van der Waals surface area contributed by atoms with E-state index in [1.165, 1.54) is 0 Å². The molecule has 1 unspecified atom stereocenters. The van der Waals surface area contributed by atoms with Crippen molar-refractivity contribution in [2.45, 2.75) is 6.10 Å². The minimum absolute atomic E-state index is 0.0169. The summed E-state index contributed by atoms with van der Waals surface area (Å²) in [6, 6.07) is 14.5. The van der Waals surface area contributed by atoms with E-state index in [2.05, 4.69) is 5.32 Å². The Morgan fingerprint density at radius 2 is 1.88 bits per heavy atom. The Morgan fingerprint density at radius 3 is 2.62 bits per heavy atom. The minimum Gasteiger partial charge on any atom is -0.451 e. The fourth-order valence-corrected chi connectivity index (χ4v) is 2.42. The van der Waals surface area contributed by atoms with E-state index < -0.39 is 12.0 Å². The molecule has 1 atom stereocenters. The first-order chi connectivity index (χ1) is 11.5. The summed E-state index contributed by atoms with van der Waals surface area (Å²) < 4.78 is 5.45. The van der Waals surface area contributed by atoms with E-state index in [-0.39, 0.29) is 17.7 Å². The Morgan fingerprint density at radius 1 is 1.17 bits per heavy atom. The van der Waals surface area contributed by atoms with Crippen LogP contribution in [0.5, 0.6) is 0 Å². The van der Waals surface area contributed by atoms with Crippen LogP contribution >= 0.6 is 11.6 Å². The van der Waals surface area contributed by atoms with Crippen LogP contribution in [0.15, 0.2) is 63.8 Å². The van der Waals surface area contributed by atoms with E-state index in [9.17, 15) is 14.7 Å². The van der Waals surface area contributed by atoms with Crippen molar-refractivity contribution in [2.75, 3.05) is 6.54 Å². The van der Waals surface area contributed by atoms with Gasteiger partial charge in [-0.25, -0.2) is 0 Å². The van der Waals surface area contributed by atoms with Gasteiger partial charge in [0.25, 0.3) is 5.91 Å². The number of carbonyl (C=O) groups excluding carboxylic acids is 1. The van der Waals surface area contributed by atoms with Gasteiger partial charge in [0, 0.05) is 17.6 Å². The molecule has 0 aliphatic heterocycles. The molecule has 3 aromatic rings. The molecule has 0 saturated heterocycles. The van der Waals surface area contributed by atoms with E-state index in [1.807, 2.05) is 0 Å². The fourth-order valence-electron chi connectivity index (χ4n) is 2.30. The van der Waals surface area contributed by atoms with Crippen LogP contribution < -0.4 is 10.7 Å². The average Bonchev–Trinajstić information content (AvgIpc) is 2.60. The molecule has 0 aliphatic carbocycles. The summed E-state index contributed by atoms with van der Waals surface area (Å²) >= 11 is 5.79. The third kappa shape index (κ3) is 3.48. The van der Waals surface area contributed by atoms with Gasteiger partial charge < -0.3 is 14.8 Å². The highest BCUT2D eigenvalue weighted by Gasteiger charge is 2.14. The minimum atomic E-state index is -0.890. The van der Waals surface area contributed by atoms with Crippen molar-refractivity contribution in [3.63, 3.8) is 0 Å². The number of rotatable bonds is 4. The van der Waals surface area contributed by atoms with Crippen molar-refractivity contribution in [3.8, 4) is 0 Å². The van der Waals surface area contributed by atoms with Crippen LogP contribution in [0.3, 0.4) is 0 Å². The number of hydrogen-bond acceptors (Lipinski definition) is 4. The molecular weight excluding hydrogens is 330 g/mol. The van der Waals surface area contributed by atoms with Crippen LogP contribution in [0.25, 0.3) is 11.0 Å². The lowest BCUT2D eigenvalue weighted by atomic mass is 10.1. The van der Waals surface area contributed by atoms with Gasteiger partial charge in [0.15, 0.2) is 11.2 Å². The van der Waals surface area contributed by atoms with E-state index in [0.29, 0.717) is 21.6 Å². The maximum atomic E-state index is 12.2. The van der Waals surface area contributed by atoms with Crippen molar-refractivity contribution in [3.05, 3.63) is 81.2 Å². The molecule has 0 spiro atoms. The Hall–Kier alpha value is -2.63. The Balaban J connectivity index is 1.73. The first-order valence-corrected chi connectivity index (χ1v) is 7.67. The van der Waals surface area contributed by atoms with Gasteiger partial charge in [-0.1, -0.05) is 35.9 Å². The summed E-state index contributed by atoms with van der Waals surface area (Å²) in [5, 5.41) is 13.6. The Kier molecular flexibility index (Phi) is 4.64. The molecule has 0 aliphatic rings. The predicted molar refractivity (Wildman–Crippen MR) is 91.2 cm³/mol. The molecule has 2 N–H and O–H groups in total. The quantitative estimate of drug-likeness (QED) is 0.763. The number of halogens is 1. The third-order valence-corrected chi connectivity index (χ3v) is 3.82. The second-order valence-corrected chi connectivity index (χ2v) is 5.68. The van der Waals surface area contributed by atoms with E-state index in [0.717, 1.165) is 6.07 Å². The summed E-state index contributed by atoms with van der Waals surface area (Å²) in [7, 11) is 0. The summed E-state index contributed by atoms with van der Waals surface area (Å²) in [5.74, 6) is -0.659. The first kappa shape index (κ1) is 16.2. The lowest BCUT2D eigenvalue weighted by Gasteiger charge is -2.12. The summed E-state index contributed by atoms with van der Waals surface area (Å²) in [4.78, 5) is 24.1. The van der Waals surface area contributed by atoms with Crippen LogP contribution in [0.2, 0.25) is 5.02 Å². The van der Waals surface area contributed by atoms with Crippen LogP contribution in [-0.4, -0.2) is 17.6 Å². The second kappa shape index (κ2) is 6.86. The van der Waals surface area contributed by atoms with Crippen molar-refractivity contribution in [1.29, 1.82) is 0 Å². The van der Waals surface area contributed by atoms with Crippen LogP contribution in [0.4, 0.5) is 0 Å². The number of hydrogen-bond donors (Lipinski definition) is 2. The number of fused-ring (bicyclic) bond motifs is 1. The largest absolute Gasteiger partial charge is 0.451 e. The van der Waals surface area contributed by atoms with E-state index in [4.69, 9.17) is 16.0 Å². The molecule has 0 bridgehead atoms. The van der Waals surface area contributed by atoms with Gasteiger partial charge in [0.05, 0.1) is 11.5 Å². The molecule has 1 heterocycles. The second-order valence-electron chi connectivity index (χ2n) is 5.25. The van der Waals surface area contributed by atoms with Crippen molar-refractivity contribution in [2.24, 2.45) is 0 Å². The van der Waals surface area contributed by atoms with Gasteiger partial charge in [-0.2, -0.15) is 0 Å². The lowest BCUT2D eigenvalue weighted by molar-refractivity contribution is 0.0889. The van der Waals surface area contributed by atoms with Gasteiger partial charge in [0.1, 0.15) is 5.58 Å². The maximum Gasteiger partial charge on any atom is 0.287 e. The summed E-state index contributed by atoms with van der Waals surface area (Å²) in [5.41, 5.74) is 0.674.